The van der Waals surface area contributed by atoms with Crippen molar-refractivity contribution in [2.45, 2.75) is 78.5 Å². The molecule has 2 heterocycles. The first-order valence-electron chi connectivity index (χ1n) is 12.9. The Morgan fingerprint density at radius 2 is 1.84 bits per heavy atom. The van der Waals surface area contributed by atoms with E-state index in [-0.39, 0.29) is 46.1 Å². The maximum absolute atomic E-state index is 14.6. The summed E-state index contributed by atoms with van der Waals surface area (Å²) in [5.41, 5.74) is 0.356. The number of ether oxygens (including phenoxy) is 1. The van der Waals surface area contributed by atoms with Crippen LogP contribution in [0.4, 0.5) is 4.39 Å². The number of halogens is 2. The van der Waals surface area contributed by atoms with Gasteiger partial charge in [0, 0.05) is 18.3 Å². The van der Waals surface area contributed by atoms with Crippen LogP contribution in [0, 0.1) is 11.7 Å². The van der Waals surface area contributed by atoms with Crippen molar-refractivity contribution in [1.82, 2.24) is 9.55 Å². The van der Waals surface area contributed by atoms with Crippen LogP contribution in [-0.4, -0.2) is 37.5 Å². The topological polar surface area (TPSA) is 70.4 Å². The largest absolute Gasteiger partial charge is 0.462 e. The predicted octanol–water partition coefficient (Wildman–Crippen LogP) is 6.25. The van der Waals surface area contributed by atoms with Gasteiger partial charge in [-0.15, -0.1) is 0 Å². The van der Waals surface area contributed by atoms with Crippen molar-refractivity contribution in [1.29, 1.82) is 0 Å². The van der Waals surface area contributed by atoms with Crippen molar-refractivity contribution in [3.63, 3.8) is 0 Å². The van der Waals surface area contributed by atoms with Crippen LogP contribution < -0.4 is 5.43 Å². The third-order valence-corrected chi connectivity index (χ3v) is 8.40. The Labute approximate surface area is 231 Å². The summed E-state index contributed by atoms with van der Waals surface area (Å²) in [4.78, 5) is 31.0. The molecule has 3 rings (SSSR count). The fraction of sp³-hybridized carbons (Fsp3) is 0.483. The molecule has 0 aliphatic carbocycles. The Hall–Kier alpha value is -2.55. The lowest BCUT2D eigenvalue weighted by atomic mass is 9.88. The highest BCUT2D eigenvalue weighted by Gasteiger charge is 2.36. The molecule has 0 fully saturated rings. The second-order valence-corrected chi connectivity index (χ2v) is 14.8. The number of carbonyl (C=O) groups excluding carboxylic acids is 1. The molecule has 1 atom stereocenters. The number of nitrogens with zero attached hydrogens (tertiary/aromatic N) is 2. The van der Waals surface area contributed by atoms with Gasteiger partial charge in [0.1, 0.15) is 16.9 Å². The smallest absolute Gasteiger partial charge is 0.343 e. The van der Waals surface area contributed by atoms with E-state index in [0.717, 1.165) is 0 Å². The lowest BCUT2D eigenvalue weighted by Crippen LogP contribution is -2.42. The Morgan fingerprint density at radius 1 is 1.16 bits per heavy atom. The highest BCUT2D eigenvalue weighted by atomic mass is 35.5. The van der Waals surface area contributed by atoms with E-state index in [9.17, 15) is 14.0 Å². The number of rotatable bonds is 9. The van der Waals surface area contributed by atoms with Gasteiger partial charge in [-0.1, -0.05) is 58.4 Å². The molecule has 38 heavy (non-hydrogen) atoms. The molecule has 2 aromatic heterocycles. The van der Waals surface area contributed by atoms with E-state index in [1.165, 1.54) is 6.07 Å². The number of esters is 1. The highest BCUT2D eigenvalue weighted by Crippen LogP contribution is 2.37. The molecule has 0 radical (unpaired) electrons. The van der Waals surface area contributed by atoms with E-state index in [2.05, 4.69) is 39.6 Å². The average molecular weight is 561 g/mol. The summed E-state index contributed by atoms with van der Waals surface area (Å²) in [6, 6.07) is 8.15. The van der Waals surface area contributed by atoms with Crippen LogP contribution in [0.15, 0.2) is 41.3 Å². The number of aromatic nitrogens is 2. The number of hydrogen-bond donors (Lipinski definition) is 0. The van der Waals surface area contributed by atoms with E-state index in [4.69, 9.17) is 20.8 Å². The maximum Gasteiger partial charge on any atom is 0.343 e. The summed E-state index contributed by atoms with van der Waals surface area (Å²) in [6.45, 7) is 16.6. The molecule has 206 valence electrons. The summed E-state index contributed by atoms with van der Waals surface area (Å²) < 4.78 is 28.3. The zero-order chi connectivity index (χ0) is 28.4. The van der Waals surface area contributed by atoms with Crippen molar-refractivity contribution in [2.24, 2.45) is 5.92 Å². The lowest BCUT2D eigenvalue weighted by Gasteiger charge is -2.41. The third kappa shape index (κ3) is 6.71. The molecule has 0 amide bonds. The first kappa shape index (κ1) is 30.0. The van der Waals surface area contributed by atoms with Crippen LogP contribution in [0.1, 0.15) is 83.0 Å². The van der Waals surface area contributed by atoms with Gasteiger partial charge in [0.2, 0.25) is 5.43 Å². The summed E-state index contributed by atoms with van der Waals surface area (Å²) in [7, 11) is -0.903. The Kier molecular flexibility index (Phi) is 9.22. The van der Waals surface area contributed by atoms with Gasteiger partial charge >= 0.3 is 5.97 Å². The van der Waals surface area contributed by atoms with Crippen LogP contribution in [0.2, 0.25) is 10.1 Å². The van der Waals surface area contributed by atoms with Gasteiger partial charge in [-0.05, 0) is 55.5 Å². The molecule has 0 saturated heterocycles. The third-order valence-electron chi connectivity index (χ3n) is 6.36. The first-order valence-corrected chi connectivity index (χ1v) is 14.6. The van der Waals surface area contributed by atoms with Crippen LogP contribution >= 0.6 is 11.6 Å². The molecule has 0 aliphatic heterocycles. The van der Waals surface area contributed by atoms with Crippen molar-refractivity contribution >= 4 is 38.4 Å². The molecule has 0 aliphatic rings. The molecule has 9 heteroatoms. The quantitative estimate of drug-likeness (QED) is 0.228. The second-order valence-electron chi connectivity index (χ2n) is 11.7. The van der Waals surface area contributed by atoms with Crippen molar-refractivity contribution < 1.29 is 18.3 Å². The normalized spacial score (nSPS) is 13.6. The van der Waals surface area contributed by atoms with Crippen LogP contribution in [0.5, 0.6) is 0 Å². The lowest BCUT2D eigenvalue weighted by molar-refractivity contribution is 0.0287. The molecule has 0 bridgehead atoms. The van der Waals surface area contributed by atoms with E-state index in [1.54, 1.807) is 31.3 Å². The molecule has 0 saturated carbocycles. The fourth-order valence-corrected chi connectivity index (χ4v) is 5.94. The van der Waals surface area contributed by atoms with Gasteiger partial charge < -0.3 is 13.7 Å². The predicted molar refractivity (Wildman–Crippen MR) is 153 cm³/mol. The summed E-state index contributed by atoms with van der Waals surface area (Å²) >= 11 is 5.96. The molecule has 3 aromatic rings. The summed E-state index contributed by atoms with van der Waals surface area (Å²) in [5, 5.41) is 0.114. The zero-order valence-corrected chi connectivity index (χ0v) is 25.7. The van der Waals surface area contributed by atoms with Crippen LogP contribution in [0.25, 0.3) is 11.0 Å². The minimum absolute atomic E-state index is 0.0241. The molecular weight excluding hydrogens is 523 g/mol. The van der Waals surface area contributed by atoms with Gasteiger partial charge in [-0.25, -0.2) is 14.2 Å². The summed E-state index contributed by atoms with van der Waals surface area (Å²) in [5.74, 6) is -1.12. The molecular formula is C29H38ClFN2O4Si. The number of pyridine rings is 2. The molecule has 1 aromatic carbocycles. The molecule has 0 N–H and O–H groups in total. The van der Waals surface area contributed by atoms with E-state index >= 15 is 0 Å². The SMILES string of the molecule is CCOC(=O)c1cn([C@@H](C(C)C)C(C)(C)O[SiH2]C(C)(C)C)c2ccc(Cc3cccc(Cl)c3F)nc2c1=O. The van der Waals surface area contributed by atoms with Gasteiger partial charge in [0.15, 0.2) is 9.76 Å². The second kappa shape index (κ2) is 11.7. The van der Waals surface area contributed by atoms with E-state index in [0.29, 0.717) is 16.8 Å². The van der Waals surface area contributed by atoms with Crippen LogP contribution in [-0.2, 0) is 15.6 Å². The van der Waals surface area contributed by atoms with Crippen molar-refractivity contribution in [3.8, 4) is 0 Å². The first-order chi connectivity index (χ1) is 17.7. The number of hydrogen-bond acceptors (Lipinski definition) is 5. The Bertz CT molecular complexity index is 1380. The Balaban J connectivity index is 2.23. The van der Waals surface area contributed by atoms with Gasteiger partial charge in [0.25, 0.3) is 0 Å². The number of fused-ring (bicyclic) bond motifs is 1. The van der Waals surface area contributed by atoms with E-state index in [1.807, 2.05) is 24.5 Å². The van der Waals surface area contributed by atoms with Gasteiger partial charge in [0.05, 0.1) is 28.8 Å². The van der Waals surface area contributed by atoms with Crippen molar-refractivity contribution in [2.75, 3.05) is 6.61 Å². The minimum atomic E-state index is -0.903. The maximum atomic E-state index is 14.6. The summed E-state index contributed by atoms with van der Waals surface area (Å²) in [6.07, 6.45) is 1.72. The van der Waals surface area contributed by atoms with Gasteiger partial charge in [-0.2, -0.15) is 0 Å². The van der Waals surface area contributed by atoms with Crippen molar-refractivity contribution in [3.05, 3.63) is 74.4 Å². The van der Waals surface area contributed by atoms with Gasteiger partial charge in [-0.3, -0.25) is 4.79 Å². The molecule has 0 unspecified atom stereocenters. The van der Waals surface area contributed by atoms with E-state index < -0.39 is 32.6 Å². The van der Waals surface area contributed by atoms with Crippen LogP contribution in [0.3, 0.4) is 0 Å². The highest BCUT2D eigenvalue weighted by molar-refractivity contribution is 6.32. The number of benzene rings is 1. The fourth-order valence-electron chi connectivity index (χ4n) is 4.77. The standard InChI is InChI=1S/C29H38ClFN2O4Si/c1-9-36-27(35)20-16-33(26(17(2)3)29(7,8)37-38-28(4,5)6)22-14-13-19(32-24(22)25(20)34)15-18-11-10-12-21(30)23(18)31/h10-14,16-17,26H,9,15,38H2,1-8H3/t26-/m0/s1. The molecule has 0 spiro atoms. The molecule has 6 nitrogen and oxygen atoms in total. The average Bonchev–Trinajstić information content (AvgIpc) is 2.82. The Morgan fingerprint density at radius 3 is 2.45 bits per heavy atom. The zero-order valence-electron chi connectivity index (χ0n) is 23.5. The number of carbonyl (C=O) groups is 1. The minimum Gasteiger partial charge on any atom is -0.462 e. The monoisotopic (exact) mass is 560 g/mol.